The first-order valence-electron chi connectivity index (χ1n) is 12.1. The predicted octanol–water partition coefficient (Wildman–Crippen LogP) is 8.65. The topological polar surface area (TPSA) is 0 Å². The molecule has 0 atom stereocenters. The third-order valence-electron chi connectivity index (χ3n) is 8.67. The van der Waals surface area contributed by atoms with E-state index in [0.29, 0.717) is 11.8 Å². The van der Waals surface area contributed by atoms with Gasteiger partial charge >= 0.3 is 0 Å². The fraction of sp³-hybridized carbons (Fsp3) is 0.484. The lowest BCUT2D eigenvalue weighted by Crippen LogP contribution is -2.21. The Hall–Kier alpha value is -2.08. The molecule has 3 aliphatic carbocycles. The molecule has 0 aliphatic heterocycles. The summed E-state index contributed by atoms with van der Waals surface area (Å²) in [6.45, 7) is 23.8. The standard InChI is InChI=1S/C31H38/c1-17(2)23-11-19-13-27-21(15-25(19)29(23,5)6)22-16-26-20(14-28(22)31(27,9)10)12-24(18(3)4)30(26,7)8/h11-18H,1-10H3. The Balaban J connectivity index is 1.74. The van der Waals surface area contributed by atoms with Gasteiger partial charge in [0, 0.05) is 16.2 Å². The normalized spacial score (nSPS) is 21.0. The number of hydrogen-bond donors (Lipinski definition) is 0. The second-order valence-electron chi connectivity index (χ2n) is 12.4. The maximum absolute atomic E-state index is 2.54. The van der Waals surface area contributed by atoms with Crippen molar-refractivity contribution < 1.29 is 0 Å². The first kappa shape index (κ1) is 20.8. The van der Waals surface area contributed by atoms with Crippen LogP contribution in [0.15, 0.2) is 35.4 Å². The van der Waals surface area contributed by atoms with Gasteiger partial charge in [-0.25, -0.2) is 0 Å². The number of benzene rings is 2. The molecule has 2 aromatic carbocycles. The average Bonchev–Trinajstić information content (AvgIpc) is 3.17. The van der Waals surface area contributed by atoms with Gasteiger partial charge in [-0.05, 0) is 80.6 Å². The number of fused-ring (bicyclic) bond motifs is 5. The maximum Gasteiger partial charge on any atom is 0.0159 e. The molecule has 0 fully saturated rings. The van der Waals surface area contributed by atoms with Gasteiger partial charge < -0.3 is 0 Å². The van der Waals surface area contributed by atoms with Crippen LogP contribution in [0.25, 0.3) is 23.3 Å². The van der Waals surface area contributed by atoms with E-state index < -0.39 is 0 Å². The molecule has 3 aliphatic rings. The summed E-state index contributed by atoms with van der Waals surface area (Å²) in [5.74, 6) is 1.14. The molecular formula is C31H38. The first-order chi connectivity index (χ1) is 14.3. The van der Waals surface area contributed by atoms with Crippen LogP contribution in [0.3, 0.4) is 0 Å². The van der Waals surface area contributed by atoms with Crippen molar-refractivity contribution in [2.75, 3.05) is 0 Å². The molecule has 5 rings (SSSR count). The fourth-order valence-electron chi connectivity index (χ4n) is 6.96. The van der Waals surface area contributed by atoms with Gasteiger partial charge in [0.25, 0.3) is 0 Å². The highest BCUT2D eigenvalue weighted by Gasteiger charge is 2.43. The van der Waals surface area contributed by atoms with Crippen LogP contribution in [0.2, 0.25) is 0 Å². The monoisotopic (exact) mass is 410 g/mol. The van der Waals surface area contributed by atoms with E-state index in [1.165, 1.54) is 44.5 Å². The van der Waals surface area contributed by atoms with E-state index in [0.717, 1.165) is 0 Å². The summed E-state index contributed by atoms with van der Waals surface area (Å²) in [6.07, 6.45) is 4.94. The Labute approximate surface area is 189 Å². The molecular weight excluding hydrogens is 372 g/mol. The van der Waals surface area contributed by atoms with E-state index >= 15 is 0 Å². The molecule has 2 aromatic rings. The Morgan fingerprint density at radius 1 is 0.484 bits per heavy atom. The molecule has 31 heavy (non-hydrogen) atoms. The van der Waals surface area contributed by atoms with Crippen molar-refractivity contribution in [1.29, 1.82) is 0 Å². The van der Waals surface area contributed by atoms with E-state index in [-0.39, 0.29) is 16.2 Å². The summed E-state index contributed by atoms with van der Waals surface area (Å²) in [7, 11) is 0. The Morgan fingerprint density at radius 3 is 1.16 bits per heavy atom. The molecule has 0 nitrogen and oxygen atoms in total. The van der Waals surface area contributed by atoms with Crippen LogP contribution in [0.4, 0.5) is 0 Å². The van der Waals surface area contributed by atoms with Crippen LogP contribution in [0.1, 0.15) is 103 Å². The smallest absolute Gasteiger partial charge is 0.0159 e. The largest absolute Gasteiger partial charge is 0.0590 e. The summed E-state index contributed by atoms with van der Waals surface area (Å²) in [5.41, 5.74) is 15.1. The quantitative estimate of drug-likeness (QED) is 0.464. The summed E-state index contributed by atoms with van der Waals surface area (Å²) in [6, 6.07) is 10.1. The van der Waals surface area contributed by atoms with Crippen LogP contribution in [-0.4, -0.2) is 0 Å². The Morgan fingerprint density at radius 2 is 0.839 bits per heavy atom. The van der Waals surface area contributed by atoms with E-state index in [4.69, 9.17) is 0 Å². The Kier molecular flexibility index (Phi) is 4.05. The third kappa shape index (κ3) is 2.54. The number of rotatable bonds is 2. The molecule has 0 radical (unpaired) electrons. The molecule has 0 heterocycles. The predicted molar refractivity (Wildman–Crippen MR) is 136 cm³/mol. The van der Waals surface area contributed by atoms with Gasteiger partial charge in [-0.2, -0.15) is 0 Å². The molecule has 0 heteroatoms. The summed E-state index contributed by atoms with van der Waals surface area (Å²) in [5, 5.41) is 0. The molecule has 0 saturated heterocycles. The zero-order valence-electron chi connectivity index (χ0n) is 21.1. The highest BCUT2D eigenvalue weighted by molar-refractivity contribution is 5.88. The lowest BCUT2D eigenvalue weighted by molar-refractivity contribution is 0.556. The van der Waals surface area contributed by atoms with Crippen LogP contribution in [0.5, 0.6) is 0 Å². The van der Waals surface area contributed by atoms with E-state index in [1.54, 1.807) is 11.1 Å². The van der Waals surface area contributed by atoms with Gasteiger partial charge in [-0.1, -0.05) is 92.5 Å². The SMILES string of the molecule is CC(C)C1=Cc2cc3c(cc2C1(C)C)-c1cc2c(cc1C3(C)C)C=C(C(C)C)C2(C)C. The van der Waals surface area contributed by atoms with Crippen molar-refractivity contribution in [3.05, 3.63) is 68.8 Å². The minimum atomic E-state index is 0.0336. The van der Waals surface area contributed by atoms with Crippen LogP contribution in [-0.2, 0) is 16.2 Å². The van der Waals surface area contributed by atoms with Crippen LogP contribution in [0, 0.1) is 11.8 Å². The third-order valence-corrected chi connectivity index (χ3v) is 8.67. The van der Waals surface area contributed by atoms with Crippen molar-refractivity contribution >= 4 is 12.2 Å². The highest BCUT2D eigenvalue weighted by Crippen LogP contribution is 2.56. The fourth-order valence-corrected chi connectivity index (χ4v) is 6.96. The minimum absolute atomic E-state index is 0.0336. The van der Waals surface area contributed by atoms with E-state index in [1.807, 2.05) is 0 Å². The summed E-state index contributed by atoms with van der Waals surface area (Å²) < 4.78 is 0. The molecule has 0 amide bonds. The van der Waals surface area contributed by atoms with Crippen molar-refractivity contribution in [3.8, 4) is 11.1 Å². The molecule has 0 aromatic heterocycles. The maximum atomic E-state index is 2.54. The lowest BCUT2D eigenvalue weighted by atomic mass is 9.75. The van der Waals surface area contributed by atoms with Crippen molar-refractivity contribution in [2.45, 2.75) is 85.5 Å². The summed E-state index contributed by atoms with van der Waals surface area (Å²) >= 11 is 0. The van der Waals surface area contributed by atoms with Crippen molar-refractivity contribution in [3.63, 3.8) is 0 Å². The zero-order valence-corrected chi connectivity index (χ0v) is 21.1. The van der Waals surface area contributed by atoms with Crippen LogP contribution >= 0.6 is 0 Å². The van der Waals surface area contributed by atoms with E-state index in [2.05, 4.69) is 106 Å². The molecule has 0 unspecified atom stereocenters. The van der Waals surface area contributed by atoms with Gasteiger partial charge in [0.2, 0.25) is 0 Å². The summed E-state index contributed by atoms with van der Waals surface area (Å²) in [4.78, 5) is 0. The minimum Gasteiger partial charge on any atom is -0.0590 e. The zero-order chi connectivity index (χ0) is 22.7. The van der Waals surface area contributed by atoms with Gasteiger partial charge in [-0.3, -0.25) is 0 Å². The second kappa shape index (κ2) is 6.03. The molecule has 0 spiro atoms. The van der Waals surface area contributed by atoms with Gasteiger partial charge in [0.1, 0.15) is 0 Å². The number of hydrogen-bond acceptors (Lipinski definition) is 0. The molecule has 162 valence electrons. The Bertz CT molecular complexity index is 1100. The van der Waals surface area contributed by atoms with Crippen LogP contribution < -0.4 is 0 Å². The second-order valence-corrected chi connectivity index (χ2v) is 12.4. The lowest BCUT2D eigenvalue weighted by Gasteiger charge is -2.28. The molecule has 0 N–H and O–H groups in total. The molecule has 0 saturated carbocycles. The van der Waals surface area contributed by atoms with Crippen molar-refractivity contribution in [1.82, 2.24) is 0 Å². The van der Waals surface area contributed by atoms with Gasteiger partial charge in [0.05, 0.1) is 0 Å². The van der Waals surface area contributed by atoms with E-state index in [9.17, 15) is 0 Å². The average molecular weight is 411 g/mol. The number of allylic oxidation sites excluding steroid dienone is 2. The highest BCUT2D eigenvalue weighted by atomic mass is 14.5. The molecule has 0 bridgehead atoms. The van der Waals surface area contributed by atoms with Gasteiger partial charge in [0.15, 0.2) is 0 Å². The van der Waals surface area contributed by atoms with Crippen molar-refractivity contribution in [2.24, 2.45) is 11.8 Å². The van der Waals surface area contributed by atoms with Gasteiger partial charge in [-0.15, -0.1) is 0 Å². The first-order valence-corrected chi connectivity index (χ1v) is 12.1.